The highest BCUT2D eigenvalue weighted by atomic mass is 32.1. The third-order valence-electron chi connectivity index (χ3n) is 5.07. The number of aromatic nitrogens is 2. The number of thiophene rings is 1. The Kier molecular flexibility index (Phi) is 4.34. The largest absolute Gasteiger partial charge is 0.508 e. The molecule has 6 heteroatoms. The van der Waals surface area contributed by atoms with Crippen molar-refractivity contribution in [1.29, 1.82) is 0 Å². The van der Waals surface area contributed by atoms with E-state index in [9.17, 15) is 9.90 Å². The number of phenols is 1. The lowest BCUT2D eigenvalue weighted by molar-refractivity contribution is 0.104. The molecule has 3 aromatic carbocycles. The van der Waals surface area contributed by atoms with Crippen LogP contribution in [0.5, 0.6) is 5.75 Å². The van der Waals surface area contributed by atoms with Crippen molar-refractivity contribution >= 4 is 33.0 Å². The molecule has 0 aliphatic rings. The molecule has 0 spiro atoms. The summed E-state index contributed by atoms with van der Waals surface area (Å²) < 4.78 is 0.868. The third-order valence-corrected chi connectivity index (χ3v) is 6.22. The number of H-pyrrole nitrogens is 1. The summed E-state index contributed by atoms with van der Waals surface area (Å²) in [6.07, 6.45) is 1.69. The van der Waals surface area contributed by atoms with Crippen LogP contribution in [0, 0.1) is 0 Å². The number of aromatic hydroxyl groups is 1. The van der Waals surface area contributed by atoms with Gasteiger partial charge in [-0.25, -0.2) is 0 Å². The number of fused-ring (bicyclic) bond motifs is 1. The zero-order chi connectivity index (χ0) is 20.7. The second-order valence-corrected chi connectivity index (χ2v) is 8.01. The van der Waals surface area contributed by atoms with Crippen LogP contribution in [0.2, 0.25) is 0 Å². The van der Waals surface area contributed by atoms with Gasteiger partial charge in [-0.3, -0.25) is 9.89 Å². The fourth-order valence-corrected chi connectivity index (χ4v) is 4.82. The Morgan fingerprint density at radius 1 is 0.967 bits per heavy atom. The first-order valence-electron chi connectivity index (χ1n) is 9.37. The number of hydrogen-bond donors (Lipinski definition) is 3. The molecule has 5 aromatic rings. The van der Waals surface area contributed by atoms with Gasteiger partial charge in [0.05, 0.1) is 11.1 Å². The second-order valence-electron chi connectivity index (χ2n) is 6.96. The lowest BCUT2D eigenvalue weighted by Crippen LogP contribution is -2.00. The van der Waals surface area contributed by atoms with Gasteiger partial charge in [-0.15, -0.1) is 11.3 Å². The van der Waals surface area contributed by atoms with E-state index in [2.05, 4.69) is 10.2 Å². The lowest BCUT2D eigenvalue weighted by atomic mass is 9.96. The average molecular weight is 411 g/mol. The minimum Gasteiger partial charge on any atom is -0.508 e. The Hall–Kier alpha value is -3.90. The molecule has 146 valence electrons. The number of nitrogens with two attached hydrogens (primary N) is 1. The molecule has 5 nitrogen and oxygen atoms in total. The van der Waals surface area contributed by atoms with E-state index in [1.165, 1.54) is 11.3 Å². The minimum absolute atomic E-state index is 0.0329. The molecule has 0 saturated carbocycles. The summed E-state index contributed by atoms with van der Waals surface area (Å²) in [5, 5.41) is 17.6. The Labute approximate surface area is 176 Å². The molecule has 2 heterocycles. The van der Waals surface area contributed by atoms with Gasteiger partial charge in [0.15, 0.2) is 0 Å². The smallest absolute Gasteiger partial charge is 0.203 e. The summed E-state index contributed by atoms with van der Waals surface area (Å²) in [4.78, 5) is 14.0. The van der Waals surface area contributed by atoms with Gasteiger partial charge in [0.25, 0.3) is 0 Å². The lowest BCUT2D eigenvalue weighted by Gasteiger charge is -2.07. The number of anilines is 1. The molecule has 0 radical (unpaired) electrons. The molecule has 0 amide bonds. The van der Waals surface area contributed by atoms with E-state index in [0.29, 0.717) is 16.3 Å². The highest BCUT2D eigenvalue weighted by molar-refractivity contribution is 7.21. The number of rotatable bonds is 4. The van der Waals surface area contributed by atoms with Crippen molar-refractivity contribution < 1.29 is 9.90 Å². The molecule has 0 unspecified atom stereocenters. The maximum absolute atomic E-state index is 13.3. The zero-order valence-electron chi connectivity index (χ0n) is 15.8. The van der Waals surface area contributed by atoms with E-state index in [0.717, 1.165) is 32.3 Å². The minimum atomic E-state index is -0.0329. The molecule has 4 N–H and O–H groups in total. The average Bonchev–Trinajstić information content (AvgIpc) is 3.37. The van der Waals surface area contributed by atoms with Crippen molar-refractivity contribution in [1.82, 2.24) is 10.2 Å². The fraction of sp³-hybridized carbons (Fsp3) is 0. The van der Waals surface area contributed by atoms with Crippen LogP contribution in [-0.4, -0.2) is 21.1 Å². The van der Waals surface area contributed by atoms with Crippen LogP contribution >= 0.6 is 11.3 Å². The predicted molar refractivity (Wildman–Crippen MR) is 121 cm³/mol. The Morgan fingerprint density at radius 3 is 2.40 bits per heavy atom. The van der Waals surface area contributed by atoms with Gasteiger partial charge in [0.2, 0.25) is 5.78 Å². The molecule has 5 rings (SSSR count). The SMILES string of the molecule is Nc1[nH]ncc1-c1ccc(-c2c(C(=O)c3ccccc3)sc3cc(O)ccc23)cc1. The Balaban J connectivity index is 1.68. The molecule has 0 bridgehead atoms. The standard InChI is InChI=1S/C24H17N3O2S/c25-24-19(13-26-27-24)14-6-8-15(9-7-14)21-18-11-10-17(28)12-20(18)30-23(21)22(29)16-4-2-1-3-5-16/h1-13,28H,(H3,25,26,27). The van der Waals surface area contributed by atoms with Crippen molar-refractivity contribution in [3.63, 3.8) is 0 Å². The number of carbonyl (C=O) groups is 1. The first-order chi connectivity index (χ1) is 14.6. The molecule has 0 saturated heterocycles. The number of hydrogen-bond acceptors (Lipinski definition) is 5. The van der Waals surface area contributed by atoms with Crippen LogP contribution in [0.15, 0.2) is 79.0 Å². The van der Waals surface area contributed by atoms with Gasteiger partial charge in [-0.2, -0.15) is 5.10 Å². The maximum Gasteiger partial charge on any atom is 0.203 e. The highest BCUT2D eigenvalue weighted by Crippen LogP contribution is 2.41. The van der Waals surface area contributed by atoms with E-state index >= 15 is 0 Å². The molecular formula is C24H17N3O2S. The van der Waals surface area contributed by atoms with Crippen LogP contribution in [0.4, 0.5) is 5.82 Å². The van der Waals surface area contributed by atoms with E-state index < -0.39 is 0 Å². The van der Waals surface area contributed by atoms with E-state index in [4.69, 9.17) is 5.73 Å². The number of phenolic OH excluding ortho intramolecular Hbond substituents is 1. The van der Waals surface area contributed by atoms with Gasteiger partial charge < -0.3 is 10.8 Å². The topological polar surface area (TPSA) is 92.0 Å². The quantitative estimate of drug-likeness (QED) is 0.342. The van der Waals surface area contributed by atoms with E-state index in [-0.39, 0.29) is 11.5 Å². The monoisotopic (exact) mass is 411 g/mol. The molecule has 0 fully saturated rings. The van der Waals surface area contributed by atoms with Crippen molar-refractivity contribution in [3.05, 3.63) is 89.4 Å². The Morgan fingerprint density at radius 2 is 1.70 bits per heavy atom. The van der Waals surface area contributed by atoms with Gasteiger partial charge in [-0.05, 0) is 29.3 Å². The van der Waals surface area contributed by atoms with E-state index in [1.54, 1.807) is 18.3 Å². The van der Waals surface area contributed by atoms with Crippen LogP contribution in [0.25, 0.3) is 32.3 Å². The normalized spacial score (nSPS) is 11.1. The van der Waals surface area contributed by atoms with E-state index in [1.807, 2.05) is 60.7 Å². The predicted octanol–water partition coefficient (Wildman–Crippen LogP) is 5.48. The van der Waals surface area contributed by atoms with Crippen LogP contribution in [0.3, 0.4) is 0 Å². The molecule has 0 aliphatic heterocycles. The van der Waals surface area contributed by atoms with Gasteiger partial charge in [0, 0.05) is 26.8 Å². The van der Waals surface area contributed by atoms with Crippen LogP contribution in [0.1, 0.15) is 15.2 Å². The molecule has 0 aliphatic carbocycles. The molecule has 30 heavy (non-hydrogen) atoms. The number of nitrogens with one attached hydrogen (secondary N) is 1. The summed E-state index contributed by atoms with van der Waals surface area (Å²) >= 11 is 1.40. The number of nitrogens with zero attached hydrogens (tertiary/aromatic N) is 1. The van der Waals surface area contributed by atoms with Gasteiger partial charge in [0.1, 0.15) is 11.6 Å². The summed E-state index contributed by atoms with van der Waals surface area (Å²) in [5.41, 5.74) is 10.2. The second kappa shape index (κ2) is 7.17. The van der Waals surface area contributed by atoms with Crippen LogP contribution in [-0.2, 0) is 0 Å². The highest BCUT2D eigenvalue weighted by Gasteiger charge is 2.21. The first-order valence-corrected chi connectivity index (χ1v) is 10.2. The number of aromatic amines is 1. The van der Waals surface area contributed by atoms with Crippen molar-refractivity contribution in [3.8, 4) is 28.0 Å². The summed E-state index contributed by atoms with van der Waals surface area (Å²) in [7, 11) is 0. The van der Waals surface area contributed by atoms with Gasteiger partial charge in [-0.1, -0.05) is 54.6 Å². The maximum atomic E-state index is 13.3. The van der Waals surface area contributed by atoms with Gasteiger partial charge >= 0.3 is 0 Å². The third kappa shape index (κ3) is 3.03. The summed E-state index contributed by atoms with van der Waals surface area (Å²) in [5.74, 6) is 0.661. The Bertz CT molecular complexity index is 1370. The molecule has 0 atom stereocenters. The van der Waals surface area contributed by atoms with Crippen LogP contribution < -0.4 is 5.73 Å². The zero-order valence-corrected chi connectivity index (χ0v) is 16.6. The first kappa shape index (κ1) is 18.1. The number of nitrogen functional groups attached to an aromatic ring is 1. The number of benzene rings is 3. The molecular weight excluding hydrogens is 394 g/mol. The fourth-order valence-electron chi connectivity index (χ4n) is 3.60. The van der Waals surface area contributed by atoms with Crippen molar-refractivity contribution in [2.75, 3.05) is 5.73 Å². The summed E-state index contributed by atoms with van der Waals surface area (Å²) in [6, 6.07) is 22.4. The van der Waals surface area contributed by atoms with Crippen molar-refractivity contribution in [2.45, 2.75) is 0 Å². The van der Waals surface area contributed by atoms with Crippen molar-refractivity contribution in [2.24, 2.45) is 0 Å². The number of ketones is 1. The summed E-state index contributed by atoms with van der Waals surface area (Å²) in [6.45, 7) is 0. The molecule has 2 aromatic heterocycles. The number of carbonyl (C=O) groups excluding carboxylic acids is 1.